The standard InChI is InChI=1S/C16H13BrF3NO4S/c1-25-14-6-5-12(26(23,24)16(18,19)20)9-13(14)21-15(22)8-10-3-2-4-11(17)7-10/h2-7,9H,8H2,1H3,(H,21,22). The molecule has 0 aliphatic rings. The maximum absolute atomic E-state index is 12.7. The van der Waals surface area contributed by atoms with Crippen LogP contribution in [0.4, 0.5) is 18.9 Å². The van der Waals surface area contributed by atoms with Crippen molar-refractivity contribution in [3.63, 3.8) is 0 Å². The number of carbonyl (C=O) groups is 1. The van der Waals surface area contributed by atoms with Crippen molar-refractivity contribution in [1.29, 1.82) is 0 Å². The lowest BCUT2D eigenvalue weighted by molar-refractivity contribution is -0.115. The maximum atomic E-state index is 12.7. The van der Waals surface area contributed by atoms with Gasteiger partial charge in [0.05, 0.1) is 24.1 Å². The molecule has 0 unspecified atom stereocenters. The van der Waals surface area contributed by atoms with Gasteiger partial charge >= 0.3 is 5.51 Å². The topological polar surface area (TPSA) is 72.5 Å². The van der Waals surface area contributed by atoms with Crippen molar-refractivity contribution in [3.05, 3.63) is 52.5 Å². The number of alkyl halides is 3. The number of halogens is 4. The number of carbonyl (C=O) groups excluding carboxylic acids is 1. The zero-order valence-electron chi connectivity index (χ0n) is 13.3. The smallest absolute Gasteiger partial charge is 0.495 e. The van der Waals surface area contributed by atoms with Crippen molar-refractivity contribution >= 4 is 37.4 Å². The van der Waals surface area contributed by atoms with E-state index in [4.69, 9.17) is 4.74 Å². The number of nitrogens with one attached hydrogen (secondary N) is 1. The third-order valence-corrected chi connectivity index (χ3v) is 5.29. The van der Waals surface area contributed by atoms with E-state index in [0.717, 1.165) is 22.7 Å². The molecule has 0 heterocycles. The van der Waals surface area contributed by atoms with Crippen LogP contribution in [0.3, 0.4) is 0 Å². The Balaban J connectivity index is 2.30. The highest BCUT2D eigenvalue weighted by Gasteiger charge is 2.47. The van der Waals surface area contributed by atoms with Gasteiger partial charge < -0.3 is 10.1 Å². The molecule has 1 amide bonds. The monoisotopic (exact) mass is 451 g/mol. The molecule has 0 bridgehead atoms. The Morgan fingerprint density at radius 2 is 1.88 bits per heavy atom. The Hall–Kier alpha value is -2.07. The van der Waals surface area contributed by atoms with E-state index in [-0.39, 0.29) is 17.9 Å². The zero-order valence-corrected chi connectivity index (χ0v) is 15.7. The molecule has 2 aromatic carbocycles. The van der Waals surface area contributed by atoms with E-state index in [2.05, 4.69) is 21.2 Å². The molecule has 10 heteroatoms. The van der Waals surface area contributed by atoms with E-state index < -0.39 is 26.1 Å². The number of ether oxygens (including phenoxy) is 1. The molecule has 1 N–H and O–H groups in total. The predicted octanol–water partition coefficient (Wildman–Crippen LogP) is 3.93. The van der Waals surface area contributed by atoms with Crippen molar-refractivity contribution in [2.24, 2.45) is 0 Å². The van der Waals surface area contributed by atoms with Crippen molar-refractivity contribution in [3.8, 4) is 5.75 Å². The zero-order chi connectivity index (χ0) is 19.5. The van der Waals surface area contributed by atoms with Crippen LogP contribution in [0.15, 0.2) is 51.8 Å². The van der Waals surface area contributed by atoms with Crippen LogP contribution in [-0.2, 0) is 21.1 Å². The van der Waals surface area contributed by atoms with Gasteiger partial charge in [-0.1, -0.05) is 28.1 Å². The Labute approximate surface area is 156 Å². The molecule has 0 saturated carbocycles. The summed E-state index contributed by atoms with van der Waals surface area (Å²) in [6.45, 7) is 0. The highest BCUT2D eigenvalue weighted by molar-refractivity contribution is 9.10. The molecular formula is C16H13BrF3NO4S. The molecule has 0 aliphatic heterocycles. The lowest BCUT2D eigenvalue weighted by Crippen LogP contribution is -2.23. The molecule has 5 nitrogen and oxygen atoms in total. The van der Waals surface area contributed by atoms with Gasteiger partial charge in [-0.15, -0.1) is 0 Å². The van der Waals surface area contributed by atoms with E-state index in [9.17, 15) is 26.4 Å². The molecule has 0 radical (unpaired) electrons. The Kier molecular flexibility index (Phi) is 5.97. The first-order valence-electron chi connectivity index (χ1n) is 7.08. The first-order chi connectivity index (χ1) is 12.0. The fraction of sp³-hybridized carbons (Fsp3) is 0.188. The first kappa shape index (κ1) is 20.2. The lowest BCUT2D eigenvalue weighted by Gasteiger charge is -2.13. The van der Waals surface area contributed by atoms with Gasteiger partial charge in [-0.3, -0.25) is 4.79 Å². The highest BCUT2D eigenvalue weighted by atomic mass is 79.9. The summed E-state index contributed by atoms with van der Waals surface area (Å²) in [6.07, 6.45) is -0.0567. The summed E-state index contributed by atoms with van der Waals surface area (Å²) in [5.74, 6) is -0.503. The fourth-order valence-corrected chi connectivity index (χ4v) is 3.35. The molecular weight excluding hydrogens is 439 g/mol. The van der Waals surface area contributed by atoms with Crippen LogP contribution in [0, 0.1) is 0 Å². The van der Waals surface area contributed by atoms with E-state index in [0.29, 0.717) is 5.56 Å². The number of rotatable bonds is 5. The van der Waals surface area contributed by atoms with Crippen LogP contribution < -0.4 is 10.1 Å². The highest BCUT2D eigenvalue weighted by Crippen LogP contribution is 2.34. The number of sulfone groups is 1. The van der Waals surface area contributed by atoms with Gasteiger partial charge in [-0.25, -0.2) is 8.42 Å². The van der Waals surface area contributed by atoms with Crippen LogP contribution in [-0.4, -0.2) is 26.9 Å². The molecule has 0 aliphatic carbocycles. The van der Waals surface area contributed by atoms with Gasteiger partial charge in [0.2, 0.25) is 5.91 Å². The minimum absolute atomic E-state index is 0.0358. The number of amides is 1. The summed E-state index contributed by atoms with van der Waals surface area (Å²) < 4.78 is 66.9. The van der Waals surface area contributed by atoms with E-state index in [1.807, 2.05) is 0 Å². The van der Waals surface area contributed by atoms with Gasteiger partial charge in [-0.2, -0.15) is 13.2 Å². The number of hydrogen-bond donors (Lipinski definition) is 1. The number of anilines is 1. The molecule has 140 valence electrons. The molecule has 0 fully saturated rings. The van der Waals surface area contributed by atoms with Crippen LogP contribution in [0.25, 0.3) is 0 Å². The summed E-state index contributed by atoms with van der Waals surface area (Å²) >= 11 is 3.27. The predicted molar refractivity (Wildman–Crippen MR) is 92.7 cm³/mol. The second-order valence-corrected chi connectivity index (χ2v) is 8.02. The molecule has 0 spiro atoms. The van der Waals surface area contributed by atoms with Gasteiger partial charge in [0.25, 0.3) is 9.84 Å². The average molecular weight is 452 g/mol. The molecule has 26 heavy (non-hydrogen) atoms. The normalized spacial score (nSPS) is 11.9. The SMILES string of the molecule is COc1ccc(S(=O)(=O)C(F)(F)F)cc1NC(=O)Cc1cccc(Br)c1. The van der Waals surface area contributed by atoms with Crippen LogP contribution >= 0.6 is 15.9 Å². The summed E-state index contributed by atoms with van der Waals surface area (Å²) in [7, 11) is -4.29. The molecule has 0 atom stereocenters. The van der Waals surface area contributed by atoms with Crippen molar-refractivity contribution in [2.45, 2.75) is 16.8 Å². The van der Waals surface area contributed by atoms with E-state index in [1.165, 1.54) is 7.11 Å². The average Bonchev–Trinajstić information content (AvgIpc) is 2.53. The minimum Gasteiger partial charge on any atom is -0.495 e. The maximum Gasteiger partial charge on any atom is 0.501 e. The molecule has 2 rings (SSSR count). The first-order valence-corrected chi connectivity index (χ1v) is 9.36. The lowest BCUT2D eigenvalue weighted by atomic mass is 10.1. The minimum atomic E-state index is -5.54. The second-order valence-electron chi connectivity index (χ2n) is 5.17. The van der Waals surface area contributed by atoms with E-state index in [1.54, 1.807) is 24.3 Å². The summed E-state index contributed by atoms with van der Waals surface area (Å²) in [4.78, 5) is 11.2. The number of benzene rings is 2. The Morgan fingerprint density at radius 3 is 2.46 bits per heavy atom. The van der Waals surface area contributed by atoms with Gasteiger partial charge in [0, 0.05) is 4.47 Å². The quantitative estimate of drug-likeness (QED) is 0.747. The Morgan fingerprint density at radius 1 is 1.19 bits per heavy atom. The summed E-state index contributed by atoms with van der Waals surface area (Å²) in [5.41, 5.74) is -4.95. The second kappa shape index (κ2) is 7.67. The summed E-state index contributed by atoms with van der Waals surface area (Å²) in [5, 5.41) is 2.38. The third kappa shape index (κ3) is 4.55. The van der Waals surface area contributed by atoms with Crippen molar-refractivity contribution < 1.29 is 31.1 Å². The van der Waals surface area contributed by atoms with Gasteiger partial charge in [-0.05, 0) is 35.9 Å². The largest absolute Gasteiger partial charge is 0.501 e. The van der Waals surface area contributed by atoms with Gasteiger partial charge in [0.1, 0.15) is 5.75 Å². The molecule has 0 saturated heterocycles. The third-order valence-electron chi connectivity index (χ3n) is 3.31. The van der Waals surface area contributed by atoms with Crippen LogP contribution in [0.1, 0.15) is 5.56 Å². The van der Waals surface area contributed by atoms with Crippen molar-refractivity contribution in [2.75, 3.05) is 12.4 Å². The van der Waals surface area contributed by atoms with Crippen molar-refractivity contribution in [1.82, 2.24) is 0 Å². The van der Waals surface area contributed by atoms with E-state index >= 15 is 0 Å². The number of methoxy groups -OCH3 is 1. The van der Waals surface area contributed by atoms with Crippen LogP contribution in [0.2, 0.25) is 0 Å². The summed E-state index contributed by atoms with van der Waals surface area (Å²) in [6, 6.07) is 9.45. The van der Waals surface area contributed by atoms with Crippen LogP contribution in [0.5, 0.6) is 5.75 Å². The van der Waals surface area contributed by atoms with Gasteiger partial charge in [0.15, 0.2) is 0 Å². The number of hydrogen-bond acceptors (Lipinski definition) is 4. The Bertz CT molecular complexity index is 929. The molecule has 0 aromatic heterocycles. The fourth-order valence-electron chi connectivity index (χ4n) is 2.11. The molecule has 2 aromatic rings.